The van der Waals surface area contributed by atoms with Crippen LogP contribution in [0.2, 0.25) is 0 Å². The molecule has 5 aliphatic rings. The molecule has 4 saturated carbocycles. The number of carbonyl (C=O) groups excluding carboxylic acids is 2. The number of esters is 1. The number of nitrogens with zero attached hydrogens (tertiary/aromatic N) is 6. The average Bonchev–Trinajstić information content (AvgIpc) is 4.01. The minimum atomic E-state index is -4.99. The van der Waals surface area contributed by atoms with Gasteiger partial charge in [-0.05, 0) is 86.5 Å². The fraction of sp³-hybridized carbons (Fsp3) is 0.595. The maximum atomic E-state index is 14.0. The molecule has 4 unspecified atom stereocenters. The van der Waals surface area contributed by atoms with Crippen molar-refractivity contribution in [3.8, 4) is 11.1 Å². The monoisotopic (exact) mass is 745 g/mol. The number of hydrogen-bond donors (Lipinski definition) is 1. The number of urea groups is 1. The Hall–Kier alpha value is -4.37. The van der Waals surface area contributed by atoms with Crippen molar-refractivity contribution in [1.29, 1.82) is 0 Å². The van der Waals surface area contributed by atoms with Crippen LogP contribution in [0.1, 0.15) is 75.0 Å². The lowest BCUT2D eigenvalue weighted by Crippen LogP contribution is -2.47. The van der Waals surface area contributed by atoms with Gasteiger partial charge in [-0.3, -0.25) is 9.48 Å². The Kier molecular flexibility index (Phi) is 8.12. The molecule has 2 aromatic heterocycles. The molecule has 284 valence electrons. The number of likely N-dealkylation sites (tertiary alicyclic amines) is 1. The Labute approximate surface area is 302 Å². The number of rotatable bonds is 7. The molecule has 3 aromatic rings. The number of ether oxygens (including phenoxy) is 1. The van der Waals surface area contributed by atoms with Crippen LogP contribution < -0.4 is 10.2 Å². The van der Waals surface area contributed by atoms with Crippen LogP contribution in [-0.4, -0.2) is 67.9 Å². The summed E-state index contributed by atoms with van der Waals surface area (Å²) in [5, 5.41) is 7.46. The molecule has 3 spiro atoms. The summed E-state index contributed by atoms with van der Waals surface area (Å²) in [6, 6.07) is 1.17. The number of anilines is 1. The number of nitrogens with one attached hydrogen (secondary N) is 1. The summed E-state index contributed by atoms with van der Waals surface area (Å²) in [5.74, 6) is 0.107. The summed E-state index contributed by atoms with van der Waals surface area (Å²) in [7, 11) is 3.16. The third-order valence-electron chi connectivity index (χ3n) is 12.8. The van der Waals surface area contributed by atoms with Crippen LogP contribution in [0.3, 0.4) is 0 Å². The zero-order chi connectivity index (χ0) is 37.7. The number of benzene rings is 1. The third kappa shape index (κ3) is 6.38. The van der Waals surface area contributed by atoms with Crippen LogP contribution in [0.5, 0.6) is 0 Å². The Morgan fingerprint density at radius 2 is 1.58 bits per heavy atom. The topological polar surface area (TPSA) is 105 Å². The number of aromatic nitrogens is 4. The number of aryl methyl sites for hydroxylation is 1. The van der Waals surface area contributed by atoms with Crippen LogP contribution in [0.25, 0.3) is 11.1 Å². The molecule has 0 radical (unpaired) electrons. The summed E-state index contributed by atoms with van der Waals surface area (Å²) in [6.45, 7) is 2.21. The highest BCUT2D eigenvalue weighted by molar-refractivity contribution is 5.78. The largest absolute Gasteiger partial charge is 0.469 e. The molecule has 2 amide bonds. The van der Waals surface area contributed by atoms with Gasteiger partial charge in [0.15, 0.2) is 0 Å². The van der Waals surface area contributed by atoms with Crippen molar-refractivity contribution in [2.24, 2.45) is 29.7 Å². The number of carbonyl (C=O) groups is 2. The molecular formula is C37H41F6N7O3. The fourth-order valence-electron chi connectivity index (χ4n) is 9.47. The molecule has 1 aliphatic heterocycles. The first-order valence-electron chi connectivity index (χ1n) is 18.0. The predicted octanol–water partition coefficient (Wildman–Crippen LogP) is 7.00. The molecule has 1 aromatic carbocycles. The van der Waals surface area contributed by atoms with E-state index in [1.165, 1.54) is 7.11 Å². The fourth-order valence-corrected chi connectivity index (χ4v) is 9.47. The van der Waals surface area contributed by atoms with Gasteiger partial charge in [-0.1, -0.05) is 6.92 Å². The molecule has 8 rings (SSSR count). The molecule has 0 bridgehead atoms. The average molecular weight is 746 g/mol. The first-order chi connectivity index (χ1) is 24.9. The van der Waals surface area contributed by atoms with E-state index in [1.807, 2.05) is 4.90 Å². The van der Waals surface area contributed by atoms with Crippen LogP contribution >= 0.6 is 0 Å². The van der Waals surface area contributed by atoms with E-state index in [2.05, 4.69) is 27.3 Å². The Bertz CT molecular complexity index is 1890. The Balaban J connectivity index is 1.05. The van der Waals surface area contributed by atoms with E-state index in [4.69, 9.17) is 4.74 Å². The van der Waals surface area contributed by atoms with E-state index < -0.39 is 28.9 Å². The molecule has 4 aliphatic carbocycles. The maximum absolute atomic E-state index is 14.0. The number of alkyl halides is 6. The lowest BCUT2D eigenvalue weighted by Gasteiger charge is -2.30. The number of methoxy groups -OCH3 is 1. The van der Waals surface area contributed by atoms with Crippen LogP contribution in [0, 0.1) is 22.7 Å². The molecule has 16 heteroatoms. The van der Waals surface area contributed by atoms with E-state index in [0.29, 0.717) is 24.9 Å². The Morgan fingerprint density at radius 3 is 2.13 bits per heavy atom. The standard InChI is InChI=1S/C37H41F6N7O3/c1-21-11-35(21)19-34(20-50(35)32(52)47-28-12-33(28)6-4-23(5-7-33)30(51)53-3)13-29(34)49(31-44-14-24(15-45-31)25-16-46-48(2)18-25)17-22-8-26(36(38,39)40)10-27(9-22)37(41,42)43/h8-10,14-16,18,21,23,28-29H,4-7,11-13,17,19-20H2,1-3H3,(H,47,52)/t21-,23?,28?,29?,33?,34?,35?/m1/s1. The SMILES string of the molecule is COC(=O)C1CCC2(CC1)CC2NC(=O)N1CC2(CC2N(Cc2cc(C(F)(F)F)cc(C(F)(F)F)c2)c2ncc(-c3cnn(C)c3)cn2)CC12C[C@H]2C. The molecule has 1 N–H and O–H groups in total. The summed E-state index contributed by atoms with van der Waals surface area (Å²) in [6.07, 6.45) is 2.61. The van der Waals surface area contributed by atoms with E-state index in [1.54, 1.807) is 41.4 Å². The van der Waals surface area contributed by atoms with Crippen molar-refractivity contribution >= 4 is 17.9 Å². The highest BCUT2D eigenvalue weighted by Crippen LogP contribution is 2.69. The number of hydrogen-bond acceptors (Lipinski definition) is 7. The highest BCUT2D eigenvalue weighted by atomic mass is 19.4. The summed E-state index contributed by atoms with van der Waals surface area (Å²) in [4.78, 5) is 38.8. The minimum absolute atomic E-state index is 0.0122. The zero-order valence-electron chi connectivity index (χ0n) is 29.6. The van der Waals surface area contributed by atoms with Gasteiger partial charge in [0.25, 0.3) is 0 Å². The number of halogens is 6. The molecule has 5 fully saturated rings. The van der Waals surface area contributed by atoms with E-state index in [-0.39, 0.29) is 71.0 Å². The van der Waals surface area contributed by atoms with Gasteiger partial charge >= 0.3 is 24.4 Å². The van der Waals surface area contributed by atoms with E-state index >= 15 is 0 Å². The molecule has 3 heterocycles. The van der Waals surface area contributed by atoms with Gasteiger partial charge in [0, 0.05) is 72.9 Å². The first-order valence-corrected chi connectivity index (χ1v) is 18.0. The molecule has 1 saturated heterocycles. The van der Waals surface area contributed by atoms with Crippen LogP contribution in [0.15, 0.2) is 43.0 Å². The van der Waals surface area contributed by atoms with Gasteiger partial charge in [-0.25, -0.2) is 14.8 Å². The molecule has 5 atom stereocenters. The summed E-state index contributed by atoms with van der Waals surface area (Å²) >= 11 is 0. The molecular weight excluding hydrogens is 704 g/mol. The van der Waals surface area contributed by atoms with E-state index in [9.17, 15) is 35.9 Å². The predicted molar refractivity (Wildman–Crippen MR) is 179 cm³/mol. The van der Waals surface area contributed by atoms with Crippen molar-refractivity contribution in [2.75, 3.05) is 18.6 Å². The lowest BCUT2D eigenvalue weighted by atomic mass is 9.79. The van der Waals surface area contributed by atoms with Crippen molar-refractivity contribution in [3.63, 3.8) is 0 Å². The first kappa shape index (κ1) is 35.6. The van der Waals surface area contributed by atoms with Gasteiger partial charge in [0.05, 0.1) is 30.4 Å². The zero-order valence-corrected chi connectivity index (χ0v) is 29.6. The minimum Gasteiger partial charge on any atom is -0.469 e. The second kappa shape index (κ2) is 12.1. The van der Waals surface area contributed by atoms with Gasteiger partial charge in [0.2, 0.25) is 5.95 Å². The maximum Gasteiger partial charge on any atom is 0.416 e. The normalized spacial score (nSPS) is 31.6. The molecule has 53 heavy (non-hydrogen) atoms. The quantitative estimate of drug-likeness (QED) is 0.205. The van der Waals surface area contributed by atoms with Gasteiger partial charge in [-0.2, -0.15) is 31.4 Å². The third-order valence-corrected chi connectivity index (χ3v) is 12.8. The van der Waals surface area contributed by atoms with Crippen molar-refractivity contribution in [1.82, 2.24) is 30.0 Å². The van der Waals surface area contributed by atoms with Gasteiger partial charge in [0.1, 0.15) is 0 Å². The van der Waals surface area contributed by atoms with Crippen LogP contribution in [0.4, 0.5) is 37.1 Å². The van der Waals surface area contributed by atoms with E-state index in [0.717, 1.165) is 56.2 Å². The van der Waals surface area contributed by atoms with Crippen molar-refractivity contribution in [3.05, 3.63) is 59.7 Å². The number of amides is 2. The van der Waals surface area contributed by atoms with Crippen LogP contribution in [-0.2, 0) is 35.5 Å². The second-order valence-corrected chi connectivity index (χ2v) is 16.1. The lowest BCUT2D eigenvalue weighted by molar-refractivity contribution is -0.147. The smallest absolute Gasteiger partial charge is 0.416 e. The summed E-state index contributed by atoms with van der Waals surface area (Å²) < 4.78 is 89.7. The summed E-state index contributed by atoms with van der Waals surface area (Å²) in [5.41, 5.74) is -2.37. The van der Waals surface area contributed by atoms with Crippen molar-refractivity contribution in [2.45, 2.75) is 94.8 Å². The van der Waals surface area contributed by atoms with Gasteiger partial charge in [-0.15, -0.1) is 0 Å². The van der Waals surface area contributed by atoms with Gasteiger partial charge < -0.3 is 19.9 Å². The second-order valence-electron chi connectivity index (χ2n) is 16.1. The molecule has 10 nitrogen and oxygen atoms in total. The highest BCUT2D eigenvalue weighted by Gasteiger charge is 2.74. The Morgan fingerprint density at radius 1 is 0.943 bits per heavy atom. The van der Waals surface area contributed by atoms with Crippen molar-refractivity contribution < 1.29 is 40.7 Å².